The Labute approximate surface area is 166 Å². The molecule has 0 radical (unpaired) electrons. The van der Waals surface area contributed by atoms with Crippen molar-refractivity contribution < 1.29 is 26.7 Å². The van der Waals surface area contributed by atoms with Gasteiger partial charge in [0.2, 0.25) is 0 Å². The number of amides is 1. The molecule has 3 aromatic rings. The predicted octanol–water partition coefficient (Wildman–Crippen LogP) is 2.88. The van der Waals surface area contributed by atoms with Crippen LogP contribution in [0.1, 0.15) is 17.4 Å². The maximum Gasteiger partial charge on any atom is 0.285 e. The Balaban J connectivity index is 1.93. The minimum atomic E-state index is -4.27. The van der Waals surface area contributed by atoms with E-state index in [-0.39, 0.29) is 28.8 Å². The van der Waals surface area contributed by atoms with E-state index < -0.39 is 33.1 Å². The lowest BCUT2D eigenvalue weighted by Crippen LogP contribution is -2.31. The zero-order chi connectivity index (χ0) is 21.2. The maximum absolute atomic E-state index is 14.0. The molecular weight excluding hydrogens is 404 g/mol. The van der Waals surface area contributed by atoms with Gasteiger partial charge in [0.15, 0.2) is 0 Å². The van der Waals surface area contributed by atoms with Gasteiger partial charge in [-0.1, -0.05) is 18.2 Å². The summed E-state index contributed by atoms with van der Waals surface area (Å²) in [6.45, 7) is 1.93. The lowest BCUT2D eigenvalue weighted by Gasteiger charge is -2.10. The SMILES string of the molecule is CCOc1ccccc1S(=O)(=O)NC(=O)c1cn(C)c(-c2c(F)cccc2F)n1. The molecule has 0 fully saturated rings. The number of ether oxygens (including phenoxy) is 1. The molecule has 0 saturated heterocycles. The first-order valence-electron chi connectivity index (χ1n) is 8.51. The highest BCUT2D eigenvalue weighted by Crippen LogP contribution is 2.26. The first kappa shape index (κ1) is 20.5. The van der Waals surface area contributed by atoms with E-state index >= 15 is 0 Å². The van der Waals surface area contributed by atoms with Crippen molar-refractivity contribution in [3.05, 3.63) is 66.0 Å². The van der Waals surface area contributed by atoms with Crippen LogP contribution in [0, 0.1) is 11.6 Å². The molecule has 1 aromatic heterocycles. The maximum atomic E-state index is 14.0. The number of carbonyl (C=O) groups excluding carboxylic acids is 1. The van der Waals surface area contributed by atoms with E-state index in [9.17, 15) is 22.0 Å². The summed E-state index contributed by atoms with van der Waals surface area (Å²) < 4.78 is 61.7. The van der Waals surface area contributed by atoms with Crippen molar-refractivity contribution in [2.75, 3.05) is 6.61 Å². The second kappa shape index (κ2) is 8.00. The third-order valence-corrected chi connectivity index (χ3v) is 5.33. The molecule has 0 atom stereocenters. The van der Waals surface area contributed by atoms with Crippen molar-refractivity contribution >= 4 is 15.9 Å². The van der Waals surface area contributed by atoms with Gasteiger partial charge in [-0.3, -0.25) is 4.79 Å². The van der Waals surface area contributed by atoms with E-state index in [0.29, 0.717) is 0 Å². The van der Waals surface area contributed by atoms with E-state index in [2.05, 4.69) is 4.98 Å². The number of rotatable bonds is 6. The van der Waals surface area contributed by atoms with Gasteiger partial charge in [-0.15, -0.1) is 0 Å². The van der Waals surface area contributed by atoms with Crippen LogP contribution in [0.25, 0.3) is 11.4 Å². The summed E-state index contributed by atoms with van der Waals surface area (Å²) >= 11 is 0. The van der Waals surface area contributed by atoms with Crippen LogP contribution in [0.3, 0.4) is 0 Å². The number of nitrogens with zero attached hydrogens (tertiary/aromatic N) is 2. The van der Waals surface area contributed by atoms with Crippen molar-refractivity contribution in [3.63, 3.8) is 0 Å². The number of hydrogen-bond donors (Lipinski definition) is 1. The van der Waals surface area contributed by atoms with Crippen LogP contribution in [0.5, 0.6) is 5.75 Å². The Morgan fingerprint density at radius 3 is 2.45 bits per heavy atom. The van der Waals surface area contributed by atoms with Crippen LogP contribution in [-0.4, -0.2) is 30.5 Å². The van der Waals surface area contributed by atoms with Gasteiger partial charge in [0.1, 0.15) is 33.8 Å². The molecule has 152 valence electrons. The van der Waals surface area contributed by atoms with Crippen LogP contribution in [0.15, 0.2) is 53.6 Å². The first-order valence-corrected chi connectivity index (χ1v) is 9.99. The fraction of sp³-hybridized carbons (Fsp3) is 0.158. The Hall–Kier alpha value is -3.27. The van der Waals surface area contributed by atoms with Gasteiger partial charge >= 0.3 is 0 Å². The van der Waals surface area contributed by atoms with Gasteiger partial charge in [0, 0.05) is 13.2 Å². The molecule has 1 amide bonds. The van der Waals surface area contributed by atoms with E-state index in [1.807, 2.05) is 4.72 Å². The quantitative estimate of drug-likeness (QED) is 0.661. The number of hydrogen-bond acceptors (Lipinski definition) is 5. The molecule has 0 aliphatic rings. The third-order valence-electron chi connectivity index (χ3n) is 3.96. The lowest BCUT2D eigenvalue weighted by molar-refractivity contribution is 0.0977. The topological polar surface area (TPSA) is 90.3 Å². The Bertz CT molecular complexity index is 1160. The lowest BCUT2D eigenvalue weighted by atomic mass is 10.2. The number of nitrogens with one attached hydrogen (secondary N) is 1. The first-order chi connectivity index (χ1) is 13.7. The average Bonchev–Trinajstić information content (AvgIpc) is 3.04. The van der Waals surface area contributed by atoms with E-state index in [0.717, 1.165) is 12.1 Å². The molecule has 1 heterocycles. The molecule has 3 rings (SSSR count). The van der Waals surface area contributed by atoms with Crippen molar-refractivity contribution in [1.29, 1.82) is 0 Å². The number of imidazole rings is 1. The number of para-hydroxylation sites is 1. The van der Waals surface area contributed by atoms with E-state index in [4.69, 9.17) is 4.74 Å². The van der Waals surface area contributed by atoms with Crippen LogP contribution in [0.4, 0.5) is 8.78 Å². The van der Waals surface area contributed by atoms with E-state index in [1.165, 1.54) is 42.1 Å². The molecule has 10 heteroatoms. The normalized spacial score (nSPS) is 11.3. The van der Waals surface area contributed by atoms with Gasteiger partial charge in [-0.25, -0.2) is 26.9 Å². The Morgan fingerprint density at radius 1 is 1.14 bits per heavy atom. The molecule has 0 aliphatic heterocycles. The highest BCUT2D eigenvalue weighted by molar-refractivity contribution is 7.90. The summed E-state index contributed by atoms with van der Waals surface area (Å²) in [5, 5.41) is 0. The molecule has 29 heavy (non-hydrogen) atoms. The minimum Gasteiger partial charge on any atom is -0.492 e. The van der Waals surface area contributed by atoms with Crippen LogP contribution >= 0.6 is 0 Å². The monoisotopic (exact) mass is 421 g/mol. The molecule has 1 N–H and O–H groups in total. The number of sulfonamides is 1. The van der Waals surface area contributed by atoms with Crippen molar-refractivity contribution in [2.24, 2.45) is 7.05 Å². The Kier molecular flexibility index (Phi) is 5.64. The van der Waals surface area contributed by atoms with Crippen LogP contribution < -0.4 is 9.46 Å². The van der Waals surface area contributed by atoms with Crippen LogP contribution in [0.2, 0.25) is 0 Å². The second-order valence-electron chi connectivity index (χ2n) is 5.97. The summed E-state index contributed by atoms with van der Waals surface area (Å²) in [4.78, 5) is 16.2. The van der Waals surface area contributed by atoms with Crippen molar-refractivity contribution in [2.45, 2.75) is 11.8 Å². The molecule has 2 aromatic carbocycles. The fourth-order valence-electron chi connectivity index (χ4n) is 2.70. The summed E-state index contributed by atoms with van der Waals surface area (Å²) in [5.41, 5.74) is -0.735. The number of benzene rings is 2. The number of halogens is 2. The zero-order valence-corrected chi connectivity index (χ0v) is 16.3. The zero-order valence-electron chi connectivity index (χ0n) is 15.5. The Morgan fingerprint density at radius 2 is 1.79 bits per heavy atom. The number of aryl methyl sites for hydroxylation is 1. The fourth-order valence-corrected chi connectivity index (χ4v) is 3.80. The summed E-state index contributed by atoms with van der Waals surface area (Å²) in [7, 11) is -2.83. The number of carbonyl (C=O) groups is 1. The van der Waals surface area contributed by atoms with Gasteiger partial charge in [-0.05, 0) is 31.2 Å². The summed E-state index contributed by atoms with van der Waals surface area (Å²) in [6, 6.07) is 9.15. The molecule has 0 saturated carbocycles. The highest BCUT2D eigenvalue weighted by Gasteiger charge is 2.25. The third kappa shape index (κ3) is 4.11. The molecule has 0 spiro atoms. The molecule has 7 nitrogen and oxygen atoms in total. The molecule has 0 unspecified atom stereocenters. The molecule has 0 bridgehead atoms. The second-order valence-corrected chi connectivity index (χ2v) is 7.62. The largest absolute Gasteiger partial charge is 0.492 e. The summed E-state index contributed by atoms with van der Waals surface area (Å²) in [6.07, 6.45) is 1.18. The minimum absolute atomic E-state index is 0.0884. The molecular formula is C19H17F2N3O4S. The van der Waals surface area contributed by atoms with Gasteiger partial charge < -0.3 is 9.30 Å². The van der Waals surface area contributed by atoms with E-state index in [1.54, 1.807) is 13.0 Å². The smallest absolute Gasteiger partial charge is 0.285 e. The summed E-state index contributed by atoms with van der Waals surface area (Å²) in [5.74, 6) is -2.83. The average molecular weight is 421 g/mol. The van der Waals surface area contributed by atoms with Gasteiger partial charge in [-0.2, -0.15) is 0 Å². The molecule has 0 aliphatic carbocycles. The highest BCUT2D eigenvalue weighted by atomic mass is 32.2. The van der Waals surface area contributed by atoms with Gasteiger partial charge in [0.05, 0.1) is 12.2 Å². The predicted molar refractivity (Wildman–Crippen MR) is 101 cm³/mol. The van der Waals surface area contributed by atoms with Crippen molar-refractivity contribution in [3.8, 4) is 17.1 Å². The van der Waals surface area contributed by atoms with Crippen LogP contribution in [-0.2, 0) is 17.1 Å². The number of aromatic nitrogens is 2. The van der Waals surface area contributed by atoms with Crippen molar-refractivity contribution in [1.82, 2.24) is 14.3 Å². The van der Waals surface area contributed by atoms with Gasteiger partial charge in [0.25, 0.3) is 15.9 Å². The standard InChI is InChI=1S/C19H17F2N3O4S/c1-3-28-15-9-4-5-10-16(15)29(26,27)23-19(25)14-11-24(2)18(22-14)17-12(20)7-6-8-13(17)21/h4-11H,3H2,1-2H3,(H,23,25).